The van der Waals surface area contributed by atoms with E-state index in [0.29, 0.717) is 22.4 Å². The van der Waals surface area contributed by atoms with Crippen LogP contribution in [0.3, 0.4) is 0 Å². The van der Waals surface area contributed by atoms with Gasteiger partial charge in [-0.3, -0.25) is 0 Å². The average molecular weight is 566 g/mol. The van der Waals surface area contributed by atoms with Crippen molar-refractivity contribution < 1.29 is 4.42 Å². The molecular formula is C38H19N3OS. The molecule has 0 radical (unpaired) electrons. The first-order valence-corrected chi connectivity index (χ1v) is 14.8. The predicted molar refractivity (Wildman–Crippen MR) is 177 cm³/mol. The van der Waals surface area contributed by atoms with Gasteiger partial charge in [-0.1, -0.05) is 78.9 Å². The third-order valence-corrected chi connectivity index (χ3v) is 9.59. The molecule has 0 fully saturated rings. The lowest BCUT2D eigenvalue weighted by Crippen LogP contribution is -1.94. The third kappa shape index (κ3) is 3.29. The topological polar surface area (TPSA) is 46.2 Å². The van der Waals surface area contributed by atoms with Crippen molar-refractivity contribution in [1.29, 1.82) is 5.26 Å². The second-order valence-corrected chi connectivity index (χ2v) is 11.8. The molecule has 198 valence electrons. The van der Waals surface area contributed by atoms with Crippen LogP contribution in [-0.2, 0) is 0 Å². The molecule has 0 saturated carbocycles. The van der Waals surface area contributed by atoms with Gasteiger partial charge in [0.1, 0.15) is 5.58 Å². The van der Waals surface area contributed by atoms with Crippen LogP contribution in [0.15, 0.2) is 120 Å². The van der Waals surface area contributed by atoms with E-state index in [1.54, 1.807) is 11.3 Å². The van der Waals surface area contributed by atoms with Crippen LogP contribution in [0.1, 0.15) is 5.56 Å². The highest BCUT2D eigenvalue weighted by Crippen LogP contribution is 2.45. The SMILES string of the molecule is [C-]#[N+]c1ccc(-c2ccc3c(c2)sc2ccccc23)c2c1oc1c(-n3c4ccccc4c4ccc(C#N)cc43)cccc12. The smallest absolute Gasteiger partial charge is 0.229 e. The van der Waals surface area contributed by atoms with Gasteiger partial charge in [-0.05, 0) is 47.5 Å². The highest BCUT2D eigenvalue weighted by Gasteiger charge is 2.21. The molecule has 0 aliphatic carbocycles. The molecule has 0 saturated heterocycles. The van der Waals surface area contributed by atoms with Crippen LogP contribution in [0.25, 0.3) is 85.6 Å². The van der Waals surface area contributed by atoms with E-state index in [9.17, 15) is 5.26 Å². The number of thiophene rings is 1. The second-order valence-electron chi connectivity index (χ2n) is 10.7. The fraction of sp³-hybridized carbons (Fsp3) is 0. The first-order valence-electron chi connectivity index (χ1n) is 13.9. The van der Waals surface area contributed by atoms with Crippen molar-refractivity contribution in [3.05, 3.63) is 132 Å². The van der Waals surface area contributed by atoms with Gasteiger partial charge in [0.25, 0.3) is 0 Å². The number of rotatable bonds is 2. The molecule has 5 heteroatoms. The van der Waals surface area contributed by atoms with Crippen molar-refractivity contribution in [3.63, 3.8) is 0 Å². The molecule has 4 nitrogen and oxygen atoms in total. The van der Waals surface area contributed by atoms with Crippen LogP contribution in [0.5, 0.6) is 0 Å². The van der Waals surface area contributed by atoms with E-state index in [1.165, 1.54) is 20.2 Å². The van der Waals surface area contributed by atoms with Gasteiger partial charge in [-0.15, -0.1) is 11.3 Å². The zero-order chi connectivity index (χ0) is 28.7. The molecule has 9 aromatic rings. The quantitative estimate of drug-likeness (QED) is 0.196. The van der Waals surface area contributed by atoms with Crippen LogP contribution >= 0.6 is 11.3 Å². The Kier molecular flexibility index (Phi) is 4.87. The van der Waals surface area contributed by atoms with Crippen molar-refractivity contribution in [2.75, 3.05) is 0 Å². The summed E-state index contributed by atoms with van der Waals surface area (Å²) in [5, 5.41) is 16.3. The Morgan fingerprint density at radius 3 is 2.33 bits per heavy atom. The molecule has 0 amide bonds. The van der Waals surface area contributed by atoms with Crippen molar-refractivity contribution in [1.82, 2.24) is 4.57 Å². The number of nitrogens with zero attached hydrogens (tertiary/aromatic N) is 3. The lowest BCUT2D eigenvalue weighted by Gasteiger charge is -2.09. The average Bonchev–Trinajstić information content (AvgIpc) is 3.73. The number of fused-ring (bicyclic) bond motifs is 9. The summed E-state index contributed by atoms with van der Waals surface area (Å²) in [6.07, 6.45) is 0. The largest absolute Gasteiger partial charge is 0.465 e. The van der Waals surface area contributed by atoms with Crippen molar-refractivity contribution in [3.8, 4) is 22.9 Å². The summed E-state index contributed by atoms with van der Waals surface area (Å²) in [7, 11) is 0. The standard InChI is InChI=1S/C38H19N3OS/c1-40-30-18-17-24(23-14-16-28-27-8-3-5-12-34(27)43-35(28)20-23)36-29-9-6-11-32(37(29)42-38(30)36)41-31-10-4-2-7-25(31)26-15-13-22(21-39)19-33(26)41/h2-20H. The van der Waals surface area contributed by atoms with E-state index >= 15 is 0 Å². The minimum atomic E-state index is 0.484. The number of furan rings is 1. The number of nitriles is 1. The summed E-state index contributed by atoms with van der Waals surface area (Å²) >= 11 is 1.80. The van der Waals surface area contributed by atoms with Crippen molar-refractivity contribution in [2.45, 2.75) is 0 Å². The Morgan fingerprint density at radius 1 is 0.674 bits per heavy atom. The molecule has 0 atom stereocenters. The summed E-state index contributed by atoms with van der Waals surface area (Å²) in [5.41, 5.74) is 7.34. The molecule has 3 heterocycles. The van der Waals surface area contributed by atoms with Gasteiger partial charge < -0.3 is 8.98 Å². The molecule has 6 aromatic carbocycles. The minimum Gasteiger partial charge on any atom is -0.465 e. The van der Waals surface area contributed by atoms with E-state index in [1.807, 2.05) is 48.5 Å². The summed E-state index contributed by atoms with van der Waals surface area (Å²) in [6.45, 7) is 7.93. The Balaban J connectivity index is 1.37. The molecule has 0 aliphatic heterocycles. The van der Waals surface area contributed by atoms with E-state index < -0.39 is 0 Å². The van der Waals surface area contributed by atoms with Gasteiger partial charge in [0.2, 0.25) is 5.69 Å². The first-order chi connectivity index (χ1) is 21.2. The highest BCUT2D eigenvalue weighted by molar-refractivity contribution is 7.25. The Hall–Kier alpha value is -5.88. The normalized spacial score (nSPS) is 11.7. The lowest BCUT2D eigenvalue weighted by atomic mass is 9.97. The van der Waals surface area contributed by atoms with Crippen LogP contribution in [0.4, 0.5) is 5.69 Å². The zero-order valence-electron chi connectivity index (χ0n) is 22.6. The van der Waals surface area contributed by atoms with Crippen LogP contribution in [0.2, 0.25) is 0 Å². The van der Waals surface area contributed by atoms with Crippen LogP contribution in [-0.4, -0.2) is 4.57 Å². The Morgan fingerprint density at radius 2 is 1.44 bits per heavy atom. The number of hydrogen-bond donors (Lipinski definition) is 0. The molecule has 0 aliphatic rings. The maximum absolute atomic E-state index is 9.70. The van der Waals surface area contributed by atoms with Crippen molar-refractivity contribution >= 4 is 80.9 Å². The maximum atomic E-state index is 9.70. The highest BCUT2D eigenvalue weighted by atomic mass is 32.1. The molecule has 0 bridgehead atoms. The van der Waals surface area contributed by atoms with Gasteiger partial charge in [0, 0.05) is 41.7 Å². The molecule has 0 unspecified atom stereocenters. The van der Waals surface area contributed by atoms with Gasteiger partial charge in [-0.2, -0.15) is 5.26 Å². The van der Waals surface area contributed by atoms with Gasteiger partial charge in [0.15, 0.2) is 5.58 Å². The maximum Gasteiger partial charge on any atom is 0.229 e. The van der Waals surface area contributed by atoms with Crippen molar-refractivity contribution in [2.24, 2.45) is 0 Å². The number of para-hydroxylation sites is 2. The lowest BCUT2D eigenvalue weighted by molar-refractivity contribution is 0.668. The monoisotopic (exact) mass is 565 g/mol. The third-order valence-electron chi connectivity index (χ3n) is 8.46. The molecular weight excluding hydrogens is 547 g/mol. The van der Waals surface area contributed by atoms with E-state index in [4.69, 9.17) is 11.0 Å². The molecule has 43 heavy (non-hydrogen) atoms. The van der Waals surface area contributed by atoms with Crippen LogP contribution < -0.4 is 0 Å². The first kappa shape index (κ1) is 23.8. The summed E-state index contributed by atoms with van der Waals surface area (Å²) in [5.74, 6) is 0. The van der Waals surface area contributed by atoms with E-state index in [0.717, 1.165) is 49.4 Å². The van der Waals surface area contributed by atoms with Gasteiger partial charge >= 0.3 is 0 Å². The van der Waals surface area contributed by atoms with Gasteiger partial charge in [-0.25, -0.2) is 4.85 Å². The molecule has 0 spiro atoms. The van der Waals surface area contributed by atoms with E-state index in [-0.39, 0.29) is 0 Å². The van der Waals surface area contributed by atoms with Gasteiger partial charge in [0.05, 0.1) is 34.9 Å². The number of hydrogen-bond acceptors (Lipinski definition) is 3. The Labute approximate surface area is 249 Å². The zero-order valence-corrected chi connectivity index (χ0v) is 23.4. The fourth-order valence-corrected chi connectivity index (χ4v) is 7.72. The summed E-state index contributed by atoms with van der Waals surface area (Å²) in [4.78, 5) is 3.84. The Bertz CT molecular complexity index is 2710. The van der Waals surface area contributed by atoms with Crippen LogP contribution in [0, 0.1) is 17.9 Å². The molecule has 9 rings (SSSR count). The predicted octanol–water partition coefficient (Wildman–Crippen LogP) is 11.1. The fourth-order valence-electron chi connectivity index (χ4n) is 6.57. The number of benzene rings is 6. The molecule has 0 N–H and O–H groups in total. The van der Waals surface area contributed by atoms with E-state index in [2.05, 4.69) is 82.2 Å². The summed E-state index contributed by atoms with van der Waals surface area (Å²) in [6, 6.07) is 41.6. The second kappa shape index (κ2) is 8.81. The minimum absolute atomic E-state index is 0.484. The summed E-state index contributed by atoms with van der Waals surface area (Å²) < 4.78 is 11.4. The number of aromatic nitrogens is 1. The molecule has 3 aromatic heterocycles.